The van der Waals surface area contributed by atoms with Crippen LogP contribution in [0.15, 0.2) is 0 Å². The summed E-state index contributed by atoms with van der Waals surface area (Å²) in [4.78, 5) is 14.1. The van der Waals surface area contributed by atoms with Crippen LogP contribution in [0.25, 0.3) is 0 Å². The van der Waals surface area contributed by atoms with Crippen molar-refractivity contribution in [3.05, 3.63) is 0 Å². The van der Waals surface area contributed by atoms with Gasteiger partial charge in [0.15, 0.2) is 0 Å². The van der Waals surface area contributed by atoms with Gasteiger partial charge in [-0.1, -0.05) is 13.8 Å². The number of carbonyl (C=O) groups excluding carboxylic acids is 1. The normalized spacial score (nSPS) is 18.9. The first kappa shape index (κ1) is 17.4. The van der Waals surface area contributed by atoms with Crippen molar-refractivity contribution in [1.29, 1.82) is 0 Å². The Morgan fingerprint density at radius 2 is 2.30 bits per heavy atom. The molecule has 0 aromatic carbocycles. The number of amides is 1. The van der Waals surface area contributed by atoms with Crippen LogP contribution in [0, 0.1) is 5.92 Å². The third kappa shape index (κ3) is 7.82. The Hall–Kier alpha value is -0.650. The topological polar surface area (TPSA) is 53.6 Å². The lowest BCUT2D eigenvalue weighted by molar-refractivity contribution is -0.122. The molecule has 1 unspecified atom stereocenters. The van der Waals surface area contributed by atoms with Gasteiger partial charge in [0.25, 0.3) is 0 Å². The van der Waals surface area contributed by atoms with E-state index in [0.29, 0.717) is 25.1 Å². The minimum absolute atomic E-state index is 0.125. The number of rotatable bonds is 10. The van der Waals surface area contributed by atoms with Gasteiger partial charge in [0, 0.05) is 32.8 Å². The molecule has 1 aliphatic heterocycles. The van der Waals surface area contributed by atoms with E-state index in [1.807, 2.05) is 0 Å². The van der Waals surface area contributed by atoms with Crippen molar-refractivity contribution in [2.24, 2.45) is 5.92 Å². The molecule has 0 aromatic heterocycles. The number of nitrogens with zero attached hydrogens (tertiary/aromatic N) is 1. The Morgan fingerprint density at radius 3 is 2.90 bits per heavy atom. The highest BCUT2D eigenvalue weighted by Gasteiger charge is 2.19. The van der Waals surface area contributed by atoms with Crippen LogP contribution in [0.4, 0.5) is 0 Å². The molecule has 1 amide bonds. The molecule has 0 bridgehead atoms. The van der Waals surface area contributed by atoms with Gasteiger partial charge >= 0.3 is 0 Å². The van der Waals surface area contributed by atoms with E-state index in [9.17, 15) is 4.79 Å². The molecule has 0 radical (unpaired) electrons. The molecular formula is C15H31N3O2. The number of nitrogens with one attached hydrogen (secondary N) is 2. The Bertz CT molecular complexity index is 266. The van der Waals surface area contributed by atoms with Crippen molar-refractivity contribution in [3.63, 3.8) is 0 Å². The highest BCUT2D eigenvalue weighted by atomic mass is 16.5. The van der Waals surface area contributed by atoms with Crippen LogP contribution in [0.5, 0.6) is 0 Å². The Balaban J connectivity index is 2.28. The van der Waals surface area contributed by atoms with Crippen LogP contribution in [0.2, 0.25) is 0 Å². The van der Waals surface area contributed by atoms with Gasteiger partial charge in [0.05, 0.1) is 13.2 Å². The van der Waals surface area contributed by atoms with E-state index < -0.39 is 0 Å². The van der Waals surface area contributed by atoms with Gasteiger partial charge in [-0.15, -0.1) is 0 Å². The van der Waals surface area contributed by atoms with E-state index >= 15 is 0 Å². The summed E-state index contributed by atoms with van der Waals surface area (Å²) in [5, 5.41) is 6.48. The van der Waals surface area contributed by atoms with Gasteiger partial charge in [-0.3, -0.25) is 9.69 Å². The SMILES string of the molecule is COCCN(CC(=O)NCCC(C)C)CC1CCCN1. The van der Waals surface area contributed by atoms with Crippen LogP contribution in [0.1, 0.15) is 33.1 Å². The first-order chi connectivity index (χ1) is 9.61. The van der Waals surface area contributed by atoms with Crippen LogP contribution < -0.4 is 10.6 Å². The van der Waals surface area contributed by atoms with Crippen molar-refractivity contribution in [2.75, 3.05) is 46.4 Å². The van der Waals surface area contributed by atoms with E-state index in [1.165, 1.54) is 12.8 Å². The minimum Gasteiger partial charge on any atom is -0.383 e. The largest absolute Gasteiger partial charge is 0.383 e. The molecule has 20 heavy (non-hydrogen) atoms. The number of carbonyl (C=O) groups is 1. The summed E-state index contributed by atoms with van der Waals surface area (Å²) in [6, 6.07) is 0.523. The van der Waals surface area contributed by atoms with E-state index in [-0.39, 0.29) is 5.91 Å². The standard InChI is InChI=1S/C15H31N3O2/c1-13(2)6-8-17-15(19)12-18(9-10-20-3)11-14-5-4-7-16-14/h13-14,16H,4-12H2,1-3H3,(H,17,19). The van der Waals surface area contributed by atoms with Crippen LogP contribution >= 0.6 is 0 Å². The number of hydrogen-bond acceptors (Lipinski definition) is 4. The van der Waals surface area contributed by atoms with Gasteiger partial charge in [0.2, 0.25) is 5.91 Å². The zero-order chi connectivity index (χ0) is 14.8. The first-order valence-electron chi connectivity index (χ1n) is 7.83. The summed E-state index contributed by atoms with van der Waals surface area (Å²) in [6.07, 6.45) is 3.48. The van der Waals surface area contributed by atoms with E-state index in [4.69, 9.17) is 4.74 Å². The summed E-state index contributed by atoms with van der Waals surface area (Å²) in [7, 11) is 1.70. The molecule has 1 rings (SSSR count). The molecular weight excluding hydrogens is 254 g/mol. The predicted molar refractivity (Wildman–Crippen MR) is 81.8 cm³/mol. The lowest BCUT2D eigenvalue weighted by Crippen LogP contribution is -2.44. The molecule has 1 aliphatic rings. The van der Waals surface area contributed by atoms with Crippen molar-refractivity contribution in [1.82, 2.24) is 15.5 Å². The average Bonchev–Trinajstić information content (AvgIpc) is 2.88. The monoisotopic (exact) mass is 285 g/mol. The number of methoxy groups -OCH3 is 1. The fraction of sp³-hybridized carbons (Fsp3) is 0.933. The van der Waals surface area contributed by atoms with Gasteiger partial charge < -0.3 is 15.4 Å². The fourth-order valence-corrected chi connectivity index (χ4v) is 2.44. The smallest absolute Gasteiger partial charge is 0.234 e. The molecule has 1 atom stereocenters. The van der Waals surface area contributed by atoms with Gasteiger partial charge in [-0.25, -0.2) is 0 Å². The van der Waals surface area contributed by atoms with Crippen molar-refractivity contribution >= 4 is 5.91 Å². The van der Waals surface area contributed by atoms with E-state index in [1.54, 1.807) is 7.11 Å². The zero-order valence-corrected chi connectivity index (χ0v) is 13.3. The second kappa shape index (κ2) is 10.1. The van der Waals surface area contributed by atoms with Crippen LogP contribution in [-0.4, -0.2) is 63.3 Å². The molecule has 5 nitrogen and oxygen atoms in total. The third-order valence-corrected chi connectivity index (χ3v) is 3.66. The molecule has 2 N–H and O–H groups in total. The Labute approximate surface area is 123 Å². The third-order valence-electron chi connectivity index (χ3n) is 3.66. The van der Waals surface area contributed by atoms with Crippen molar-refractivity contribution in [3.8, 4) is 0 Å². The maximum atomic E-state index is 12.0. The van der Waals surface area contributed by atoms with Gasteiger partial charge in [-0.05, 0) is 31.7 Å². The van der Waals surface area contributed by atoms with Crippen LogP contribution in [0.3, 0.4) is 0 Å². The Kier molecular flexibility index (Phi) is 8.82. The lowest BCUT2D eigenvalue weighted by Gasteiger charge is -2.24. The summed E-state index contributed by atoms with van der Waals surface area (Å²) in [5.41, 5.74) is 0. The van der Waals surface area contributed by atoms with Crippen molar-refractivity contribution in [2.45, 2.75) is 39.2 Å². The van der Waals surface area contributed by atoms with Gasteiger partial charge in [0.1, 0.15) is 0 Å². The molecule has 0 spiro atoms. The maximum Gasteiger partial charge on any atom is 0.234 e. The predicted octanol–water partition coefficient (Wildman–Crippen LogP) is 0.849. The molecule has 0 aromatic rings. The first-order valence-corrected chi connectivity index (χ1v) is 7.83. The summed E-state index contributed by atoms with van der Waals surface area (Å²) < 4.78 is 5.14. The van der Waals surface area contributed by atoms with Crippen molar-refractivity contribution < 1.29 is 9.53 Å². The quantitative estimate of drug-likeness (QED) is 0.625. The second-order valence-corrected chi connectivity index (χ2v) is 6.05. The number of hydrogen-bond donors (Lipinski definition) is 2. The van der Waals surface area contributed by atoms with E-state index in [2.05, 4.69) is 29.4 Å². The number of ether oxygens (including phenoxy) is 1. The molecule has 1 saturated heterocycles. The highest BCUT2D eigenvalue weighted by Crippen LogP contribution is 2.06. The molecule has 1 heterocycles. The maximum absolute atomic E-state index is 12.0. The molecule has 1 fully saturated rings. The van der Waals surface area contributed by atoms with E-state index in [0.717, 1.165) is 32.6 Å². The van der Waals surface area contributed by atoms with Gasteiger partial charge in [-0.2, -0.15) is 0 Å². The summed E-state index contributed by atoms with van der Waals surface area (Å²) in [5.74, 6) is 0.752. The fourth-order valence-electron chi connectivity index (χ4n) is 2.44. The molecule has 5 heteroatoms. The highest BCUT2D eigenvalue weighted by molar-refractivity contribution is 5.77. The van der Waals surface area contributed by atoms with Crippen LogP contribution in [-0.2, 0) is 9.53 Å². The summed E-state index contributed by atoms with van der Waals surface area (Å²) in [6.45, 7) is 9.10. The average molecular weight is 285 g/mol. The molecule has 0 aliphatic carbocycles. The second-order valence-electron chi connectivity index (χ2n) is 6.05. The molecule has 118 valence electrons. The zero-order valence-electron chi connectivity index (χ0n) is 13.3. The minimum atomic E-state index is 0.125. The Morgan fingerprint density at radius 1 is 1.50 bits per heavy atom. The summed E-state index contributed by atoms with van der Waals surface area (Å²) >= 11 is 0. The lowest BCUT2D eigenvalue weighted by atomic mass is 10.1. The molecule has 0 saturated carbocycles.